The second-order valence-corrected chi connectivity index (χ2v) is 8.66. The highest BCUT2D eigenvalue weighted by molar-refractivity contribution is 9.11. The van der Waals surface area contributed by atoms with E-state index in [2.05, 4.69) is 57.8 Å². The number of nitrogens with zero attached hydrogens (tertiary/aromatic N) is 1. The number of aromatic nitrogens is 1. The molecule has 0 aliphatic rings. The summed E-state index contributed by atoms with van der Waals surface area (Å²) in [5, 5.41) is 3.15. The molecular formula is C19H21Br3N2O6. The van der Waals surface area contributed by atoms with Crippen LogP contribution in [-0.2, 0) is 20.7 Å². The van der Waals surface area contributed by atoms with Crippen molar-refractivity contribution in [2.45, 2.75) is 32.2 Å². The van der Waals surface area contributed by atoms with E-state index in [9.17, 15) is 14.4 Å². The summed E-state index contributed by atoms with van der Waals surface area (Å²) < 4.78 is 18.2. The first-order chi connectivity index (χ1) is 14.2. The summed E-state index contributed by atoms with van der Waals surface area (Å²) in [5.41, 5.74) is 1.25. The first-order valence-electron chi connectivity index (χ1n) is 8.91. The molecule has 8 nitrogen and oxygen atoms in total. The maximum atomic E-state index is 12.9. The number of carbonyl (C=O) groups excluding carboxylic acids is 3. The van der Waals surface area contributed by atoms with Gasteiger partial charge in [-0.25, -0.2) is 9.59 Å². The summed E-state index contributed by atoms with van der Waals surface area (Å²) >= 11 is 10.6. The Hall–Kier alpha value is -1.59. The molecule has 164 valence electrons. The molecule has 1 aromatic carbocycles. The van der Waals surface area contributed by atoms with Crippen molar-refractivity contribution in [3.05, 3.63) is 25.2 Å². The van der Waals surface area contributed by atoms with Gasteiger partial charge in [-0.3, -0.25) is 9.36 Å². The van der Waals surface area contributed by atoms with E-state index in [4.69, 9.17) is 9.47 Å². The molecule has 30 heavy (non-hydrogen) atoms. The van der Waals surface area contributed by atoms with E-state index in [1.807, 2.05) is 6.92 Å². The summed E-state index contributed by atoms with van der Waals surface area (Å²) in [6, 6.07) is 0.752. The van der Waals surface area contributed by atoms with Crippen molar-refractivity contribution in [1.82, 2.24) is 9.88 Å². The lowest BCUT2D eigenvalue weighted by Gasteiger charge is -2.16. The SMILES string of the molecule is CCCC(=O)n1c(Br)c(CC(NC(=O)OC)C(=O)OC)c2c(Br)c(OC)c(Br)cc21. The van der Waals surface area contributed by atoms with Crippen molar-refractivity contribution in [3.63, 3.8) is 0 Å². The second kappa shape index (κ2) is 10.6. The van der Waals surface area contributed by atoms with Gasteiger partial charge in [-0.1, -0.05) is 6.92 Å². The molecule has 0 radical (unpaired) electrons. The van der Waals surface area contributed by atoms with Crippen molar-refractivity contribution in [2.24, 2.45) is 0 Å². The third kappa shape index (κ3) is 4.83. The summed E-state index contributed by atoms with van der Waals surface area (Å²) in [5.74, 6) is -0.222. The largest absolute Gasteiger partial charge is 0.494 e. The summed E-state index contributed by atoms with van der Waals surface area (Å²) in [4.78, 5) is 36.9. The maximum absolute atomic E-state index is 12.9. The van der Waals surface area contributed by atoms with E-state index >= 15 is 0 Å². The zero-order valence-corrected chi connectivity index (χ0v) is 21.6. The van der Waals surface area contributed by atoms with Gasteiger partial charge in [0.05, 0.1) is 40.4 Å². The Labute approximate surface area is 199 Å². The highest BCUT2D eigenvalue weighted by Gasteiger charge is 2.30. The number of fused-ring (bicyclic) bond motifs is 1. The normalized spacial score (nSPS) is 11.8. The van der Waals surface area contributed by atoms with Crippen molar-refractivity contribution >= 4 is 76.7 Å². The zero-order valence-electron chi connectivity index (χ0n) is 16.8. The number of ether oxygens (including phenoxy) is 3. The van der Waals surface area contributed by atoms with Gasteiger partial charge in [0.15, 0.2) is 0 Å². The van der Waals surface area contributed by atoms with Gasteiger partial charge in [0, 0.05) is 18.2 Å². The van der Waals surface area contributed by atoms with E-state index in [0.717, 1.165) is 0 Å². The van der Waals surface area contributed by atoms with Crippen LogP contribution in [0.25, 0.3) is 10.9 Å². The van der Waals surface area contributed by atoms with Crippen LogP contribution in [0, 0.1) is 0 Å². The Kier molecular flexibility index (Phi) is 8.74. The first-order valence-corrected chi connectivity index (χ1v) is 11.3. The van der Waals surface area contributed by atoms with Crippen LogP contribution in [0.5, 0.6) is 5.75 Å². The van der Waals surface area contributed by atoms with Gasteiger partial charge in [0.1, 0.15) is 11.8 Å². The number of hydrogen-bond acceptors (Lipinski definition) is 6. The molecule has 0 saturated heterocycles. The van der Waals surface area contributed by atoms with Crippen LogP contribution in [0.3, 0.4) is 0 Å². The standard InChI is InChI=1S/C19H21Br3N2O6/c1-5-6-13(25)24-12-8-10(20)16(28-2)15(21)14(12)9(17(24)22)7-11(18(26)29-3)23-19(27)30-4/h8,11H,5-7H2,1-4H3,(H,23,27). The third-order valence-corrected chi connectivity index (χ3v) is 6.61. The molecule has 11 heteroatoms. The van der Waals surface area contributed by atoms with E-state index < -0.39 is 18.1 Å². The molecule has 0 spiro atoms. The topological polar surface area (TPSA) is 95.9 Å². The van der Waals surface area contributed by atoms with Crippen LogP contribution in [0.1, 0.15) is 30.1 Å². The molecule has 1 unspecified atom stereocenters. The minimum Gasteiger partial charge on any atom is -0.494 e. The van der Waals surface area contributed by atoms with Crippen molar-refractivity contribution in [1.29, 1.82) is 0 Å². The zero-order chi connectivity index (χ0) is 22.6. The quantitative estimate of drug-likeness (QED) is 0.451. The van der Waals surface area contributed by atoms with Crippen LogP contribution in [0.15, 0.2) is 19.6 Å². The number of benzene rings is 1. The first kappa shape index (κ1) is 24.7. The lowest BCUT2D eigenvalue weighted by Crippen LogP contribution is -2.43. The Morgan fingerprint density at radius 2 is 1.80 bits per heavy atom. The lowest BCUT2D eigenvalue weighted by molar-refractivity contribution is -0.142. The smallest absolute Gasteiger partial charge is 0.407 e. The molecule has 0 aliphatic carbocycles. The predicted molar refractivity (Wildman–Crippen MR) is 122 cm³/mol. The number of halogens is 3. The van der Waals surface area contributed by atoms with E-state index in [1.165, 1.54) is 21.3 Å². The molecule has 0 aliphatic heterocycles. The molecule has 0 fully saturated rings. The molecule has 2 aromatic rings. The fourth-order valence-corrected chi connectivity index (χ4v) is 5.49. The number of rotatable bonds is 7. The highest BCUT2D eigenvalue weighted by Crippen LogP contribution is 2.44. The predicted octanol–water partition coefficient (Wildman–Crippen LogP) is 4.82. The van der Waals surface area contributed by atoms with Gasteiger partial charge in [0.2, 0.25) is 5.91 Å². The minimum absolute atomic E-state index is 0.0502. The molecule has 0 bridgehead atoms. The van der Waals surface area contributed by atoms with Crippen LogP contribution >= 0.6 is 47.8 Å². The van der Waals surface area contributed by atoms with Gasteiger partial charge >= 0.3 is 12.1 Å². The Bertz CT molecular complexity index is 989. The highest BCUT2D eigenvalue weighted by atomic mass is 79.9. The average Bonchev–Trinajstić information content (AvgIpc) is 2.98. The van der Waals surface area contributed by atoms with E-state index in [-0.39, 0.29) is 12.3 Å². The van der Waals surface area contributed by atoms with Gasteiger partial charge in [-0.2, -0.15) is 0 Å². The third-order valence-electron chi connectivity index (χ3n) is 4.43. The number of esters is 1. The van der Waals surface area contributed by atoms with Gasteiger partial charge < -0.3 is 19.5 Å². The summed E-state index contributed by atoms with van der Waals surface area (Å²) in [6.45, 7) is 1.92. The monoisotopic (exact) mass is 610 g/mol. The summed E-state index contributed by atoms with van der Waals surface area (Å²) in [6.07, 6.45) is 0.290. The van der Waals surface area contributed by atoms with Gasteiger partial charge in [-0.05, 0) is 65.8 Å². The van der Waals surface area contributed by atoms with Crippen LogP contribution in [0.2, 0.25) is 0 Å². The van der Waals surface area contributed by atoms with Crippen molar-refractivity contribution in [3.8, 4) is 5.75 Å². The van der Waals surface area contributed by atoms with Crippen LogP contribution in [-0.4, -0.2) is 49.9 Å². The van der Waals surface area contributed by atoms with Crippen molar-refractivity contribution < 1.29 is 28.6 Å². The lowest BCUT2D eigenvalue weighted by atomic mass is 10.0. The Morgan fingerprint density at radius 3 is 2.33 bits per heavy atom. The fraction of sp³-hybridized carbons (Fsp3) is 0.421. The number of nitrogens with one attached hydrogen (secondary N) is 1. The number of carbonyl (C=O) groups is 3. The number of methoxy groups -OCH3 is 3. The number of hydrogen-bond donors (Lipinski definition) is 1. The van der Waals surface area contributed by atoms with Crippen LogP contribution in [0.4, 0.5) is 4.79 Å². The van der Waals surface area contributed by atoms with E-state index in [0.29, 0.717) is 48.6 Å². The Morgan fingerprint density at radius 1 is 1.13 bits per heavy atom. The molecule has 0 saturated carbocycles. The number of amides is 1. The second-order valence-electron chi connectivity index (χ2n) is 6.26. The van der Waals surface area contributed by atoms with Crippen LogP contribution < -0.4 is 10.1 Å². The van der Waals surface area contributed by atoms with E-state index in [1.54, 1.807) is 10.6 Å². The molecule has 1 aromatic heterocycles. The average molecular weight is 613 g/mol. The minimum atomic E-state index is -1.03. The Balaban J connectivity index is 2.76. The maximum Gasteiger partial charge on any atom is 0.407 e. The molecule has 1 N–H and O–H groups in total. The van der Waals surface area contributed by atoms with Gasteiger partial charge in [-0.15, -0.1) is 0 Å². The van der Waals surface area contributed by atoms with Crippen molar-refractivity contribution in [2.75, 3.05) is 21.3 Å². The fourth-order valence-electron chi connectivity index (χ4n) is 3.08. The summed E-state index contributed by atoms with van der Waals surface area (Å²) in [7, 11) is 3.96. The number of alkyl carbamates (subject to hydrolysis) is 1. The van der Waals surface area contributed by atoms with Gasteiger partial charge in [0.25, 0.3) is 0 Å². The molecule has 1 heterocycles. The molecule has 1 amide bonds. The molecule has 2 rings (SSSR count). The molecular weight excluding hydrogens is 592 g/mol. The molecule has 1 atom stereocenters.